The number of benzene rings is 1. The van der Waals surface area contributed by atoms with Gasteiger partial charge in [0.25, 0.3) is 5.91 Å². The van der Waals surface area contributed by atoms with E-state index in [4.69, 9.17) is 0 Å². The fraction of sp³-hybridized carbons (Fsp3) is 0.462. The topological polar surface area (TPSA) is 95.5 Å². The number of amides is 1. The van der Waals surface area contributed by atoms with Crippen LogP contribution >= 0.6 is 0 Å². The van der Waals surface area contributed by atoms with Gasteiger partial charge in [0.2, 0.25) is 10.0 Å². The number of hydrogen-bond donors (Lipinski definition) is 3. The number of hydrogen-bond acceptors (Lipinski definition) is 4. The van der Waals surface area contributed by atoms with Crippen LogP contribution in [-0.2, 0) is 10.0 Å². The number of aliphatic hydroxyl groups excluding tert-OH is 1. The molecule has 0 unspecified atom stereocenters. The molecule has 6 nitrogen and oxygen atoms in total. The second kappa shape index (κ2) is 6.83. The van der Waals surface area contributed by atoms with E-state index in [1.807, 2.05) is 13.8 Å². The molecule has 0 bridgehead atoms. The predicted molar refractivity (Wildman–Crippen MR) is 75.9 cm³/mol. The predicted octanol–water partition coefficient (Wildman–Crippen LogP) is 0.341. The largest absolute Gasteiger partial charge is 0.395 e. The lowest BCUT2D eigenvalue weighted by atomic mass is 10.1. The molecule has 1 rings (SSSR count). The Kier molecular flexibility index (Phi) is 5.67. The summed E-state index contributed by atoms with van der Waals surface area (Å²) < 4.78 is 26.7. The van der Waals surface area contributed by atoms with Crippen molar-refractivity contribution in [2.75, 3.05) is 13.7 Å². The zero-order valence-electron chi connectivity index (χ0n) is 11.8. The smallest absolute Gasteiger partial charge is 0.251 e. The standard InChI is InChI=1S/C13H20N2O4S/c1-9(2)12(8-16)15-20(18,19)11-6-4-10(5-7-11)13(17)14-3/h4-7,9,12,15-16H,8H2,1-3H3,(H,14,17)/t12-/m1/s1. The van der Waals surface area contributed by atoms with E-state index in [0.717, 1.165) is 0 Å². The number of aliphatic hydroxyl groups is 1. The summed E-state index contributed by atoms with van der Waals surface area (Å²) in [7, 11) is -2.20. The van der Waals surface area contributed by atoms with Gasteiger partial charge in [-0.25, -0.2) is 13.1 Å². The van der Waals surface area contributed by atoms with Crippen molar-refractivity contribution in [3.8, 4) is 0 Å². The second-order valence-electron chi connectivity index (χ2n) is 4.76. The quantitative estimate of drug-likeness (QED) is 0.706. The Labute approximate surface area is 119 Å². The molecule has 0 saturated carbocycles. The highest BCUT2D eigenvalue weighted by molar-refractivity contribution is 7.89. The van der Waals surface area contributed by atoms with Crippen molar-refractivity contribution in [1.29, 1.82) is 0 Å². The van der Waals surface area contributed by atoms with Gasteiger partial charge in [-0.2, -0.15) is 0 Å². The van der Waals surface area contributed by atoms with Crippen LogP contribution in [0.2, 0.25) is 0 Å². The number of carbonyl (C=O) groups excluding carboxylic acids is 1. The van der Waals surface area contributed by atoms with Crippen molar-refractivity contribution in [2.45, 2.75) is 24.8 Å². The SMILES string of the molecule is CNC(=O)c1ccc(S(=O)(=O)N[C@H](CO)C(C)C)cc1. The van der Waals surface area contributed by atoms with E-state index in [-0.39, 0.29) is 23.3 Å². The molecular formula is C13H20N2O4S. The van der Waals surface area contributed by atoms with Crippen molar-refractivity contribution >= 4 is 15.9 Å². The lowest BCUT2D eigenvalue weighted by molar-refractivity contribution is 0.0963. The Balaban J connectivity index is 2.96. The van der Waals surface area contributed by atoms with Crippen LogP contribution in [0.15, 0.2) is 29.2 Å². The Morgan fingerprint density at radius 1 is 1.25 bits per heavy atom. The summed E-state index contributed by atoms with van der Waals surface area (Å²) in [6, 6.07) is 5.06. The zero-order valence-corrected chi connectivity index (χ0v) is 12.6. The van der Waals surface area contributed by atoms with Gasteiger partial charge >= 0.3 is 0 Å². The first-order valence-corrected chi connectivity index (χ1v) is 7.75. The highest BCUT2D eigenvalue weighted by atomic mass is 32.2. The minimum absolute atomic E-state index is 0.0279. The lowest BCUT2D eigenvalue weighted by Gasteiger charge is -2.19. The Morgan fingerprint density at radius 3 is 2.20 bits per heavy atom. The third-order valence-corrected chi connectivity index (χ3v) is 4.47. The highest BCUT2D eigenvalue weighted by Gasteiger charge is 2.22. The van der Waals surface area contributed by atoms with Gasteiger partial charge in [0.05, 0.1) is 11.5 Å². The van der Waals surface area contributed by atoms with Gasteiger partial charge < -0.3 is 10.4 Å². The van der Waals surface area contributed by atoms with Crippen molar-refractivity contribution in [3.63, 3.8) is 0 Å². The van der Waals surface area contributed by atoms with Crippen molar-refractivity contribution < 1.29 is 18.3 Å². The monoisotopic (exact) mass is 300 g/mol. The van der Waals surface area contributed by atoms with Crippen LogP contribution in [0.5, 0.6) is 0 Å². The summed E-state index contributed by atoms with van der Waals surface area (Å²) >= 11 is 0. The fourth-order valence-corrected chi connectivity index (χ4v) is 2.96. The summed E-state index contributed by atoms with van der Waals surface area (Å²) in [5.74, 6) is -0.308. The third kappa shape index (κ3) is 4.03. The van der Waals surface area contributed by atoms with Crippen molar-refractivity contribution in [1.82, 2.24) is 10.0 Å². The van der Waals surface area contributed by atoms with Gasteiger partial charge in [-0.3, -0.25) is 4.79 Å². The lowest BCUT2D eigenvalue weighted by Crippen LogP contribution is -2.41. The minimum Gasteiger partial charge on any atom is -0.395 e. The van der Waals surface area contributed by atoms with Gasteiger partial charge in [0, 0.05) is 18.7 Å². The Morgan fingerprint density at radius 2 is 1.80 bits per heavy atom. The Hall–Kier alpha value is -1.44. The first-order valence-electron chi connectivity index (χ1n) is 6.27. The molecule has 0 heterocycles. The molecule has 0 saturated heterocycles. The van der Waals surface area contributed by atoms with E-state index >= 15 is 0 Å². The highest BCUT2D eigenvalue weighted by Crippen LogP contribution is 2.13. The molecule has 20 heavy (non-hydrogen) atoms. The number of carbonyl (C=O) groups is 1. The van der Waals surface area contributed by atoms with Crippen LogP contribution in [-0.4, -0.2) is 39.1 Å². The van der Waals surface area contributed by atoms with Gasteiger partial charge in [0.15, 0.2) is 0 Å². The number of rotatable bonds is 6. The summed E-state index contributed by atoms with van der Waals surface area (Å²) in [6.07, 6.45) is 0. The molecule has 0 fully saturated rings. The van der Waals surface area contributed by atoms with E-state index in [2.05, 4.69) is 10.0 Å². The molecule has 0 aliphatic rings. The molecule has 1 amide bonds. The van der Waals surface area contributed by atoms with Crippen LogP contribution < -0.4 is 10.0 Å². The molecule has 0 aliphatic heterocycles. The number of nitrogens with one attached hydrogen (secondary N) is 2. The molecule has 1 aromatic carbocycles. The first-order chi connectivity index (χ1) is 9.31. The van der Waals surface area contributed by atoms with Crippen LogP contribution in [0.25, 0.3) is 0 Å². The zero-order chi connectivity index (χ0) is 15.3. The molecule has 0 aliphatic carbocycles. The van der Waals surface area contributed by atoms with Gasteiger partial charge in [0.1, 0.15) is 0 Å². The normalized spacial score (nSPS) is 13.2. The summed E-state index contributed by atoms with van der Waals surface area (Å²) in [5, 5.41) is 11.6. The van der Waals surface area contributed by atoms with E-state index in [1.54, 1.807) is 0 Å². The van der Waals surface area contributed by atoms with Gasteiger partial charge in [-0.05, 0) is 30.2 Å². The minimum atomic E-state index is -3.71. The van der Waals surface area contributed by atoms with Gasteiger partial charge in [-0.1, -0.05) is 13.8 Å². The van der Waals surface area contributed by atoms with E-state index in [9.17, 15) is 18.3 Å². The third-order valence-electron chi connectivity index (χ3n) is 2.96. The molecule has 0 radical (unpaired) electrons. The van der Waals surface area contributed by atoms with E-state index in [0.29, 0.717) is 5.56 Å². The van der Waals surface area contributed by atoms with Crippen molar-refractivity contribution in [3.05, 3.63) is 29.8 Å². The molecule has 1 atom stereocenters. The van der Waals surface area contributed by atoms with Crippen LogP contribution in [0.1, 0.15) is 24.2 Å². The van der Waals surface area contributed by atoms with Crippen LogP contribution in [0.4, 0.5) is 0 Å². The van der Waals surface area contributed by atoms with E-state index < -0.39 is 16.1 Å². The average Bonchev–Trinajstić information content (AvgIpc) is 2.43. The van der Waals surface area contributed by atoms with E-state index in [1.165, 1.54) is 31.3 Å². The maximum Gasteiger partial charge on any atom is 0.251 e. The molecule has 0 aromatic heterocycles. The second-order valence-corrected chi connectivity index (χ2v) is 6.47. The maximum absolute atomic E-state index is 12.1. The molecule has 112 valence electrons. The molecular weight excluding hydrogens is 280 g/mol. The summed E-state index contributed by atoms with van der Waals surface area (Å²) in [4.78, 5) is 11.4. The maximum atomic E-state index is 12.1. The first kappa shape index (κ1) is 16.6. The molecule has 7 heteroatoms. The average molecular weight is 300 g/mol. The van der Waals surface area contributed by atoms with Crippen molar-refractivity contribution in [2.24, 2.45) is 5.92 Å². The van der Waals surface area contributed by atoms with Crippen LogP contribution in [0, 0.1) is 5.92 Å². The summed E-state index contributed by atoms with van der Waals surface area (Å²) in [6.45, 7) is 3.36. The number of sulfonamides is 1. The molecule has 3 N–H and O–H groups in total. The molecule has 0 spiro atoms. The molecule has 1 aromatic rings. The summed E-state index contributed by atoms with van der Waals surface area (Å²) in [5.41, 5.74) is 0.383. The Bertz CT molecular complexity index is 552. The van der Waals surface area contributed by atoms with Gasteiger partial charge in [-0.15, -0.1) is 0 Å². The van der Waals surface area contributed by atoms with Crippen LogP contribution in [0.3, 0.4) is 0 Å². The fourth-order valence-electron chi connectivity index (χ4n) is 1.58.